The third kappa shape index (κ3) is 3.35. The summed E-state index contributed by atoms with van der Waals surface area (Å²) in [5.41, 5.74) is 1.72. The monoisotopic (exact) mass is 124 g/mol. The van der Waals surface area contributed by atoms with E-state index in [1.165, 1.54) is 0 Å². The lowest BCUT2D eigenvalue weighted by atomic mass is 11.2. The van der Waals surface area contributed by atoms with Crippen LogP contribution in [0.2, 0.25) is 0 Å². The summed E-state index contributed by atoms with van der Waals surface area (Å²) in [6.45, 7) is 0. The molecule has 0 aromatic rings. The van der Waals surface area contributed by atoms with Crippen LogP contribution in [-0.2, 0) is 4.74 Å². The van der Waals surface area contributed by atoms with Crippen molar-refractivity contribution in [1.29, 1.82) is 0 Å². The van der Waals surface area contributed by atoms with E-state index in [9.17, 15) is 4.79 Å². The number of ether oxygens (including phenoxy) is 1. The summed E-state index contributed by atoms with van der Waals surface area (Å²) in [6, 6.07) is -0.178. The predicted molar refractivity (Wildman–Crippen MR) is 24.5 cm³/mol. The topological polar surface area (TPSA) is 64.3 Å². The van der Waals surface area contributed by atoms with E-state index < -0.39 is 6.09 Å². The molecule has 4 nitrogen and oxygen atoms in total. The van der Waals surface area contributed by atoms with Crippen LogP contribution >= 0.6 is 11.6 Å². The van der Waals surface area contributed by atoms with E-state index in [4.69, 9.17) is 11.6 Å². The minimum absolute atomic E-state index is 0.178. The Morgan fingerprint density at radius 1 is 2.00 bits per heavy atom. The van der Waals surface area contributed by atoms with Gasteiger partial charge in [0, 0.05) is 0 Å². The molecule has 0 rings (SSSR count). The Morgan fingerprint density at radius 2 is 2.57 bits per heavy atom. The molecule has 0 fully saturated rings. The molecule has 0 unspecified atom stereocenters. The second-order valence-corrected chi connectivity index (χ2v) is 0.903. The van der Waals surface area contributed by atoms with Crippen LogP contribution < -0.4 is 11.3 Å². The fraction of sp³-hybridized carbons (Fsp3) is 0.500. The third-order valence-electron chi connectivity index (χ3n) is 0.303. The lowest BCUT2D eigenvalue weighted by molar-refractivity contribution is 0.165. The van der Waals surface area contributed by atoms with Gasteiger partial charge in [-0.1, -0.05) is 11.6 Å². The van der Waals surface area contributed by atoms with E-state index >= 15 is 0 Å². The molecule has 0 spiro atoms. The van der Waals surface area contributed by atoms with Crippen LogP contribution in [0.5, 0.6) is 0 Å². The molecule has 1 amide bonds. The zero-order chi connectivity index (χ0) is 5.70. The number of carbonyl (C=O) groups excluding carboxylic acids is 1. The van der Waals surface area contributed by atoms with Gasteiger partial charge < -0.3 is 4.74 Å². The van der Waals surface area contributed by atoms with Crippen molar-refractivity contribution >= 4 is 17.7 Å². The van der Waals surface area contributed by atoms with Crippen molar-refractivity contribution < 1.29 is 9.53 Å². The SMILES string of the molecule is NNC(=O)OCCl. The number of hydrazine groups is 1. The van der Waals surface area contributed by atoms with Gasteiger partial charge in [0.1, 0.15) is 0 Å². The summed E-state index contributed by atoms with van der Waals surface area (Å²) in [4.78, 5) is 9.87. The van der Waals surface area contributed by atoms with E-state index in [1.807, 2.05) is 0 Å². The molecule has 0 saturated carbocycles. The molecule has 0 aromatic carbocycles. The van der Waals surface area contributed by atoms with Crippen LogP contribution in [0.3, 0.4) is 0 Å². The van der Waals surface area contributed by atoms with Gasteiger partial charge in [0.15, 0.2) is 6.07 Å². The van der Waals surface area contributed by atoms with Crippen molar-refractivity contribution in [3.63, 3.8) is 0 Å². The highest BCUT2D eigenvalue weighted by Gasteiger charge is 1.91. The molecular weight excluding hydrogens is 119 g/mol. The van der Waals surface area contributed by atoms with Gasteiger partial charge in [-0.3, -0.25) is 5.43 Å². The van der Waals surface area contributed by atoms with Gasteiger partial charge in [-0.05, 0) is 0 Å². The van der Waals surface area contributed by atoms with E-state index in [1.54, 1.807) is 5.43 Å². The smallest absolute Gasteiger partial charge is 0.422 e. The highest BCUT2D eigenvalue weighted by Crippen LogP contribution is 1.76. The molecule has 7 heavy (non-hydrogen) atoms. The van der Waals surface area contributed by atoms with Crippen molar-refractivity contribution in [3.8, 4) is 0 Å². The Bertz CT molecular complexity index is 66.7. The van der Waals surface area contributed by atoms with Crippen molar-refractivity contribution in [1.82, 2.24) is 5.43 Å². The summed E-state index contributed by atoms with van der Waals surface area (Å²) in [7, 11) is 0. The van der Waals surface area contributed by atoms with Gasteiger partial charge >= 0.3 is 6.09 Å². The number of halogens is 1. The summed E-state index contributed by atoms with van der Waals surface area (Å²) in [6.07, 6.45) is -0.727. The van der Waals surface area contributed by atoms with Crippen LogP contribution in [0.4, 0.5) is 4.79 Å². The summed E-state index contributed by atoms with van der Waals surface area (Å²) >= 11 is 4.94. The number of amides is 1. The fourth-order valence-electron chi connectivity index (χ4n) is 0.0912. The van der Waals surface area contributed by atoms with Crippen LogP contribution in [0.25, 0.3) is 0 Å². The maximum Gasteiger partial charge on any atom is 0.422 e. The molecule has 0 radical (unpaired) electrons. The third-order valence-corrected chi connectivity index (χ3v) is 0.413. The average Bonchev–Trinajstić information content (AvgIpc) is 1.68. The number of nitrogens with two attached hydrogens (primary N) is 1. The molecule has 42 valence electrons. The lowest BCUT2D eigenvalue weighted by Crippen LogP contribution is -2.30. The Kier molecular flexibility index (Phi) is 3.45. The van der Waals surface area contributed by atoms with E-state index in [0.29, 0.717) is 0 Å². The Balaban J connectivity index is 3.00. The number of hydrogen-bond acceptors (Lipinski definition) is 3. The Morgan fingerprint density at radius 3 is 2.71 bits per heavy atom. The molecule has 0 aliphatic heterocycles. The maximum atomic E-state index is 9.87. The van der Waals surface area contributed by atoms with E-state index in [2.05, 4.69) is 10.6 Å². The molecule has 0 atom stereocenters. The number of alkyl halides is 1. The normalized spacial score (nSPS) is 7.71. The van der Waals surface area contributed by atoms with Gasteiger partial charge in [0.2, 0.25) is 0 Å². The molecular formula is C2H5ClN2O2. The minimum atomic E-state index is -0.727. The molecule has 0 aromatic heterocycles. The number of nitrogens with one attached hydrogen (secondary N) is 1. The van der Waals surface area contributed by atoms with Gasteiger partial charge in [-0.2, -0.15) is 0 Å². The minimum Gasteiger partial charge on any atom is -0.432 e. The first-order valence-corrected chi connectivity index (χ1v) is 2.04. The zero-order valence-electron chi connectivity index (χ0n) is 3.48. The summed E-state index contributed by atoms with van der Waals surface area (Å²) < 4.78 is 4.08. The van der Waals surface area contributed by atoms with Crippen molar-refractivity contribution in [2.24, 2.45) is 5.84 Å². The quantitative estimate of drug-likeness (QED) is 0.220. The summed E-state index contributed by atoms with van der Waals surface area (Å²) in [5, 5.41) is 0. The Hall–Kier alpha value is -0.480. The zero-order valence-corrected chi connectivity index (χ0v) is 4.23. The van der Waals surface area contributed by atoms with Crippen LogP contribution in [0.15, 0.2) is 0 Å². The molecule has 0 bridgehead atoms. The first-order valence-electron chi connectivity index (χ1n) is 1.50. The number of hydrogen-bond donors (Lipinski definition) is 2. The van der Waals surface area contributed by atoms with Gasteiger partial charge in [0.25, 0.3) is 0 Å². The van der Waals surface area contributed by atoms with E-state index in [-0.39, 0.29) is 6.07 Å². The van der Waals surface area contributed by atoms with Gasteiger partial charge in [-0.15, -0.1) is 0 Å². The maximum absolute atomic E-state index is 9.87. The number of carbonyl (C=O) groups is 1. The standard InChI is InChI=1S/C2H5ClN2O2/c3-1-7-2(6)5-4/h1,4H2,(H,5,6). The van der Waals surface area contributed by atoms with Crippen LogP contribution in [0, 0.1) is 0 Å². The second-order valence-electron chi connectivity index (χ2n) is 0.685. The van der Waals surface area contributed by atoms with Crippen LogP contribution in [-0.4, -0.2) is 12.2 Å². The second kappa shape index (κ2) is 3.70. The highest BCUT2D eigenvalue weighted by molar-refractivity contribution is 6.17. The fourth-order valence-corrected chi connectivity index (χ4v) is 0.190. The molecule has 5 heteroatoms. The highest BCUT2D eigenvalue weighted by atomic mass is 35.5. The predicted octanol–water partition coefficient (Wildman–Crippen LogP) is -0.217. The van der Waals surface area contributed by atoms with Gasteiger partial charge in [0.05, 0.1) is 0 Å². The van der Waals surface area contributed by atoms with Gasteiger partial charge in [-0.25, -0.2) is 10.6 Å². The molecule has 0 aliphatic carbocycles. The molecule has 3 N–H and O–H groups in total. The Labute approximate surface area is 45.5 Å². The average molecular weight is 125 g/mol. The van der Waals surface area contributed by atoms with Crippen molar-refractivity contribution in [2.75, 3.05) is 6.07 Å². The largest absolute Gasteiger partial charge is 0.432 e. The van der Waals surface area contributed by atoms with Crippen molar-refractivity contribution in [3.05, 3.63) is 0 Å². The summed E-state index contributed by atoms with van der Waals surface area (Å²) in [5.74, 6) is 4.57. The molecule has 0 aliphatic rings. The lowest BCUT2D eigenvalue weighted by Gasteiger charge is -1.94. The molecule has 0 saturated heterocycles. The first-order chi connectivity index (χ1) is 3.31. The first kappa shape index (κ1) is 6.52. The van der Waals surface area contributed by atoms with Crippen molar-refractivity contribution in [2.45, 2.75) is 0 Å². The number of rotatable bonds is 1. The van der Waals surface area contributed by atoms with E-state index in [0.717, 1.165) is 0 Å². The molecule has 0 heterocycles. The van der Waals surface area contributed by atoms with Crippen LogP contribution in [0.1, 0.15) is 0 Å².